The van der Waals surface area contributed by atoms with Gasteiger partial charge in [0, 0.05) is 12.8 Å². The van der Waals surface area contributed by atoms with Gasteiger partial charge < -0.3 is 27.6 Å². The van der Waals surface area contributed by atoms with Crippen molar-refractivity contribution in [2.75, 3.05) is 6.54 Å². The molecular weight excluding hydrogens is 510 g/mol. The molecule has 6 heteroatoms. The van der Waals surface area contributed by atoms with Crippen LogP contribution < -0.4 is 17.7 Å². The van der Waals surface area contributed by atoms with Crippen LogP contribution in [-0.4, -0.2) is 35.5 Å². The third-order valence-corrected chi connectivity index (χ3v) is 11.9. The molecule has 10 unspecified atom stereocenters. The first-order chi connectivity index (χ1) is 18.1. The van der Waals surface area contributed by atoms with Crippen LogP contribution in [0.25, 0.3) is 0 Å². The summed E-state index contributed by atoms with van der Waals surface area (Å²) in [6.45, 7) is 9.32. The Labute approximate surface area is 241 Å². The zero-order valence-corrected chi connectivity index (χ0v) is 25.2. The zero-order chi connectivity index (χ0) is 27.1. The lowest BCUT2D eigenvalue weighted by atomic mass is 9.44. The van der Waals surface area contributed by atoms with E-state index in [0.717, 1.165) is 43.2 Å². The average molecular weight is 560 g/mol. The Morgan fingerprint density at radius 3 is 2.41 bits per heavy atom. The predicted molar refractivity (Wildman–Crippen MR) is 148 cm³/mol. The van der Waals surface area contributed by atoms with Gasteiger partial charge in [-0.1, -0.05) is 44.2 Å². The smallest absolute Gasteiger partial charge is 0.302 e. The summed E-state index contributed by atoms with van der Waals surface area (Å²) in [6, 6.07) is 9.85. The number of carbonyl (C=O) groups excluding carboxylic acids is 2. The third-order valence-electron chi connectivity index (χ3n) is 11.9. The van der Waals surface area contributed by atoms with Crippen LogP contribution in [0, 0.1) is 40.4 Å². The number of halogens is 1. The Bertz CT molecular complexity index is 1000. The highest BCUT2D eigenvalue weighted by Gasteiger charge is 2.61. The molecule has 3 N–H and O–H groups in total. The summed E-state index contributed by atoms with van der Waals surface area (Å²) in [7, 11) is 0. The van der Waals surface area contributed by atoms with E-state index in [1.54, 1.807) is 0 Å². The quantitative estimate of drug-likeness (QED) is 0.479. The maximum Gasteiger partial charge on any atom is 0.302 e. The van der Waals surface area contributed by atoms with Gasteiger partial charge in [-0.3, -0.25) is 9.59 Å². The molecule has 0 spiro atoms. The van der Waals surface area contributed by atoms with Crippen LogP contribution in [0.5, 0.6) is 0 Å². The Morgan fingerprint density at radius 2 is 1.69 bits per heavy atom. The number of rotatable bonds is 8. The molecule has 4 aliphatic carbocycles. The van der Waals surface area contributed by atoms with Gasteiger partial charge in [0.15, 0.2) is 0 Å². The van der Waals surface area contributed by atoms with Gasteiger partial charge in [-0.05, 0) is 105 Å². The molecule has 218 valence electrons. The maximum absolute atomic E-state index is 13.6. The molecule has 5 nitrogen and oxygen atoms in total. The van der Waals surface area contributed by atoms with Gasteiger partial charge in [-0.2, -0.15) is 0 Å². The van der Waals surface area contributed by atoms with Crippen LogP contribution in [0.4, 0.5) is 0 Å². The van der Waals surface area contributed by atoms with Crippen molar-refractivity contribution in [2.45, 2.75) is 110 Å². The molecular formula is C33H50ClNO4. The van der Waals surface area contributed by atoms with E-state index in [4.69, 9.17) is 4.74 Å². The second kappa shape index (κ2) is 12.2. The number of benzene rings is 1. The van der Waals surface area contributed by atoms with Gasteiger partial charge in [0.1, 0.15) is 24.0 Å². The molecule has 4 aliphatic rings. The van der Waals surface area contributed by atoms with Crippen molar-refractivity contribution in [2.24, 2.45) is 40.4 Å². The Hall–Kier alpha value is -1.43. The van der Waals surface area contributed by atoms with Gasteiger partial charge in [-0.15, -0.1) is 0 Å². The molecule has 4 fully saturated rings. The van der Waals surface area contributed by atoms with E-state index >= 15 is 0 Å². The van der Waals surface area contributed by atoms with E-state index in [1.807, 2.05) is 37.3 Å². The minimum absolute atomic E-state index is 0. The molecule has 1 aromatic rings. The van der Waals surface area contributed by atoms with E-state index in [0.29, 0.717) is 29.5 Å². The number of hydrogen-bond donors (Lipinski definition) is 2. The number of ether oxygens (including phenoxy) is 1. The third kappa shape index (κ3) is 5.83. The van der Waals surface area contributed by atoms with Gasteiger partial charge in [0.25, 0.3) is 0 Å². The minimum atomic E-state index is -0.518. The van der Waals surface area contributed by atoms with Crippen LogP contribution in [0.15, 0.2) is 30.3 Å². The van der Waals surface area contributed by atoms with Gasteiger partial charge >= 0.3 is 5.97 Å². The summed E-state index contributed by atoms with van der Waals surface area (Å²) < 4.78 is 5.64. The van der Waals surface area contributed by atoms with Gasteiger partial charge in [0.2, 0.25) is 0 Å². The Morgan fingerprint density at radius 1 is 1.00 bits per heavy atom. The van der Waals surface area contributed by atoms with Crippen LogP contribution in [-0.2, 0) is 14.3 Å². The molecule has 10 atom stereocenters. The van der Waals surface area contributed by atoms with Crippen molar-refractivity contribution >= 4 is 11.8 Å². The zero-order valence-electron chi connectivity index (χ0n) is 24.4. The Balaban J connectivity index is 0.00000353. The van der Waals surface area contributed by atoms with E-state index in [9.17, 15) is 14.7 Å². The van der Waals surface area contributed by atoms with E-state index in [-0.39, 0.29) is 41.9 Å². The van der Waals surface area contributed by atoms with Crippen molar-refractivity contribution in [3.63, 3.8) is 0 Å². The number of quaternary nitrogens is 1. The second-order valence-electron chi connectivity index (χ2n) is 13.8. The lowest BCUT2D eigenvalue weighted by Gasteiger charge is -2.61. The maximum atomic E-state index is 13.6. The summed E-state index contributed by atoms with van der Waals surface area (Å²) in [4.78, 5) is 25.1. The fourth-order valence-electron chi connectivity index (χ4n) is 9.83. The summed E-state index contributed by atoms with van der Waals surface area (Å²) in [5.41, 5.74) is 1.44. The highest BCUT2D eigenvalue weighted by Crippen LogP contribution is 2.67. The number of fused-ring (bicyclic) bond motifs is 5. The number of hydrogen-bond acceptors (Lipinski definition) is 4. The summed E-state index contributed by atoms with van der Waals surface area (Å²) in [5.74, 6) is 3.33. The fourth-order valence-corrected chi connectivity index (χ4v) is 9.83. The first-order valence-corrected chi connectivity index (χ1v) is 15.4. The number of aliphatic hydroxyl groups is 1. The largest absolute Gasteiger partial charge is 1.00 e. The van der Waals surface area contributed by atoms with Crippen LogP contribution >= 0.6 is 0 Å². The number of nitrogens with two attached hydrogens (primary N) is 1. The number of carbonyl (C=O) groups is 2. The lowest BCUT2D eigenvalue weighted by Crippen LogP contribution is -3.00. The molecule has 1 aromatic carbocycles. The van der Waals surface area contributed by atoms with Gasteiger partial charge in [-0.25, -0.2) is 0 Å². The van der Waals surface area contributed by atoms with Crippen molar-refractivity contribution < 1.29 is 37.2 Å². The Kier molecular flexibility index (Phi) is 9.55. The summed E-state index contributed by atoms with van der Waals surface area (Å²) >= 11 is 0. The van der Waals surface area contributed by atoms with Crippen molar-refractivity contribution in [3.8, 4) is 0 Å². The number of aliphatic hydroxyl groups excluding tert-OH is 1. The number of ketones is 1. The number of Topliss-reactive ketones (excluding diaryl/α,β-unsaturated/α-hetero) is 1. The minimum Gasteiger partial charge on any atom is -1.00 e. The van der Waals surface area contributed by atoms with Crippen molar-refractivity contribution in [1.82, 2.24) is 0 Å². The molecule has 0 bridgehead atoms. The monoisotopic (exact) mass is 559 g/mol. The molecule has 0 saturated heterocycles. The molecule has 0 amide bonds. The molecule has 39 heavy (non-hydrogen) atoms. The van der Waals surface area contributed by atoms with E-state index in [2.05, 4.69) is 19.2 Å². The van der Waals surface area contributed by atoms with Crippen LogP contribution in [0.3, 0.4) is 0 Å². The predicted octanol–water partition coefficient (Wildman–Crippen LogP) is 2.23. The van der Waals surface area contributed by atoms with Gasteiger partial charge in [0.05, 0.1) is 13.0 Å². The first kappa shape index (κ1) is 30.5. The SMILES string of the molecule is CC(=O)OC1CCC2(C)C(CCC3C2CCC2(C)C(C(=O)CC[NH2+]C(C)C(O)c4ccccc4)CCC32)C1.[Cl-]. The van der Waals surface area contributed by atoms with Crippen LogP contribution in [0.1, 0.15) is 104 Å². The molecule has 0 aliphatic heterocycles. The average Bonchev–Trinajstić information content (AvgIpc) is 3.26. The fraction of sp³-hybridized carbons (Fsp3) is 0.758. The molecule has 0 radical (unpaired) electrons. The molecule has 4 saturated carbocycles. The van der Waals surface area contributed by atoms with Crippen molar-refractivity contribution in [3.05, 3.63) is 35.9 Å². The first-order valence-electron chi connectivity index (χ1n) is 15.4. The molecule has 0 aromatic heterocycles. The summed E-state index contributed by atoms with van der Waals surface area (Å²) in [6.07, 6.45) is 10.6. The lowest BCUT2D eigenvalue weighted by molar-refractivity contribution is -0.693. The van der Waals surface area contributed by atoms with Crippen LogP contribution in [0.2, 0.25) is 0 Å². The van der Waals surface area contributed by atoms with E-state index < -0.39 is 6.10 Å². The summed E-state index contributed by atoms with van der Waals surface area (Å²) in [5, 5.41) is 12.8. The highest BCUT2D eigenvalue weighted by atomic mass is 35.5. The molecule has 0 heterocycles. The van der Waals surface area contributed by atoms with Crippen molar-refractivity contribution in [1.29, 1.82) is 0 Å². The normalized spacial score (nSPS) is 38.8. The second-order valence-corrected chi connectivity index (χ2v) is 13.8. The standard InChI is InChI=1S/C33H49NO4.ClH/c1-21(31(37)23-8-6-5-7-9-23)34-19-16-30(36)29-13-12-27-26-11-10-24-20-25(38-22(2)35)14-17-32(24,3)28(26)15-18-33(27,29)4;/h5-9,21,24-29,31,34,37H,10-20H2,1-4H3;1H. The molecule has 5 rings (SSSR count). The topological polar surface area (TPSA) is 80.2 Å². The number of esters is 1. The highest BCUT2D eigenvalue weighted by molar-refractivity contribution is 5.82. The van der Waals surface area contributed by atoms with E-state index in [1.165, 1.54) is 45.4 Å².